The number of ether oxygens (including phenoxy) is 1. The molecule has 1 aromatic rings. The van der Waals surface area contributed by atoms with Crippen molar-refractivity contribution < 1.29 is 24.2 Å². The Bertz CT molecular complexity index is 555. The monoisotopic (exact) mass is 331 g/mol. The van der Waals surface area contributed by atoms with Crippen LogP contribution in [0.5, 0.6) is 0 Å². The van der Waals surface area contributed by atoms with E-state index in [4.69, 9.17) is 16.7 Å². The summed E-state index contributed by atoms with van der Waals surface area (Å²) < 4.78 is 5.02. The van der Waals surface area contributed by atoms with Crippen molar-refractivity contribution in [2.75, 3.05) is 7.11 Å². The summed E-state index contributed by atoms with van der Waals surface area (Å²) in [6, 6.07) is 2.29. The standard InChI is InChI=1S/C13H14ClNO5S/c1-20-12(17)7-4-9(13(18)19)15-11(16)6-3-8-2-5-10(14)21-8/h2-3,5-6,9H,4,7H2,1H3,(H,15,16)(H,18,19)/b6-3+/t9-/m1/s1. The molecule has 0 bridgehead atoms. The zero-order valence-electron chi connectivity index (χ0n) is 11.2. The van der Waals surface area contributed by atoms with Gasteiger partial charge >= 0.3 is 11.9 Å². The van der Waals surface area contributed by atoms with Gasteiger partial charge in [0.05, 0.1) is 11.4 Å². The summed E-state index contributed by atoms with van der Waals surface area (Å²) in [7, 11) is 1.21. The van der Waals surface area contributed by atoms with Crippen molar-refractivity contribution in [2.24, 2.45) is 0 Å². The maximum absolute atomic E-state index is 11.6. The first-order valence-electron chi connectivity index (χ1n) is 5.96. The van der Waals surface area contributed by atoms with Gasteiger partial charge in [0.1, 0.15) is 6.04 Å². The third-order valence-electron chi connectivity index (χ3n) is 2.47. The van der Waals surface area contributed by atoms with Crippen molar-refractivity contribution >= 4 is 46.9 Å². The van der Waals surface area contributed by atoms with Gasteiger partial charge in [0.25, 0.3) is 0 Å². The number of halogens is 1. The molecular formula is C13H14ClNO5S. The van der Waals surface area contributed by atoms with Crippen molar-refractivity contribution in [3.05, 3.63) is 27.4 Å². The molecule has 8 heteroatoms. The van der Waals surface area contributed by atoms with Crippen molar-refractivity contribution in [1.82, 2.24) is 5.32 Å². The number of carboxylic acids is 1. The second-order valence-corrected chi connectivity index (χ2v) is 5.74. The summed E-state index contributed by atoms with van der Waals surface area (Å²) in [5, 5.41) is 11.3. The molecule has 0 aliphatic carbocycles. The first-order valence-corrected chi connectivity index (χ1v) is 7.15. The Morgan fingerprint density at radius 3 is 2.71 bits per heavy atom. The lowest BCUT2D eigenvalue weighted by Gasteiger charge is -2.12. The van der Waals surface area contributed by atoms with Crippen molar-refractivity contribution in [2.45, 2.75) is 18.9 Å². The Balaban J connectivity index is 2.54. The molecule has 0 aliphatic heterocycles. The van der Waals surface area contributed by atoms with Crippen molar-refractivity contribution in [3.63, 3.8) is 0 Å². The number of carboxylic acid groups (broad SMARTS) is 1. The number of esters is 1. The van der Waals surface area contributed by atoms with Crippen LogP contribution in [0, 0.1) is 0 Å². The van der Waals surface area contributed by atoms with Crippen LogP contribution in [0.2, 0.25) is 4.34 Å². The largest absolute Gasteiger partial charge is 0.480 e. The van der Waals surface area contributed by atoms with Crippen LogP contribution >= 0.6 is 22.9 Å². The number of thiophene rings is 1. The zero-order chi connectivity index (χ0) is 15.8. The summed E-state index contributed by atoms with van der Waals surface area (Å²) in [6.07, 6.45) is 2.63. The summed E-state index contributed by atoms with van der Waals surface area (Å²) >= 11 is 7.04. The first-order chi connectivity index (χ1) is 9.92. The van der Waals surface area contributed by atoms with Crippen molar-refractivity contribution in [3.8, 4) is 0 Å². The number of amides is 1. The lowest BCUT2D eigenvalue weighted by molar-refractivity contribution is -0.143. The molecule has 0 aromatic carbocycles. The number of rotatable bonds is 7. The van der Waals surface area contributed by atoms with Gasteiger partial charge in [0.15, 0.2) is 0 Å². The fourth-order valence-corrected chi connectivity index (χ4v) is 2.38. The molecule has 0 radical (unpaired) electrons. The molecule has 0 saturated heterocycles. The second-order valence-electron chi connectivity index (χ2n) is 3.99. The number of carbonyl (C=O) groups is 3. The van der Waals surface area contributed by atoms with Crippen LogP contribution in [0.4, 0.5) is 0 Å². The summed E-state index contributed by atoms with van der Waals surface area (Å²) in [5.74, 6) is -2.30. The van der Waals surface area contributed by atoms with E-state index in [1.54, 1.807) is 12.1 Å². The molecule has 0 aliphatic rings. The molecular weight excluding hydrogens is 318 g/mol. The molecule has 1 rings (SSSR count). The molecule has 0 spiro atoms. The molecule has 1 atom stereocenters. The topological polar surface area (TPSA) is 92.7 Å². The molecule has 0 saturated carbocycles. The number of methoxy groups -OCH3 is 1. The molecule has 2 N–H and O–H groups in total. The Kier molecular flexibility index (Phi) is 6.90. The number of hydrogen-bond acceptors (Lipinski definition) is 5. The molecule has 1 aromatic heterocycles. The van der Waals surface area contributed by atoms with Crippen LogP contribution in [0.15, 0.2) is 18.2 Å². The number of nitrogens with one attached hydrogen (secondary N) is 1. The second kappa shape index (κ2) is 8.43. The number of carbonyl (C=O) groups excluding carboxylic acids is 2. The molecule has 0 fully saturated rings. The molecule has 21 heavy (non-hydrogen) atoms. The average Bonchev–Trinajstić information content (AvgIpc) is 2.86. The molecule has 114 valence electrons. The Hall–Kier alpha value is -1.86. The summed E-state index contributed by atoms with van der Waals surface area (Å²) in [5.41, 5.74) is 0. The average molecular weight is 332 g/mol. The highest BCUT2D eigenvalue weighted by Gasteiger charge is 2.20. The normalized spacial score (nSPS) is 12.1. The maximum atomic E-state index is 11.6. The predicted molar refractivity (Wildman–Crippen MR) is 79.2 cm³/mol. The van der Waals surface area contributed by atoms with Gasteiger partial charge in [-0.1, -0.05) is 11.6 Å². The van der Waals surface area contributed by atoms with Crippen LogP contribution in [0.3, 0.4) is 0 Å². The van der Waals surface area contributed by atoms with E-state index in [1.165, 1.54) is 30.6 Å². The third-order valence-corrected chi connectivity index (χ3v) is 3.67. The molecule has 0 unspecified atom stereocenters. The van der Waals surface area contributed by atoms with E-state index in [9.17, 15) is 14.4 Å². The highest BCUT2D eigenvalue weighted by Crippen LogP contribution is 2.22. The Morgan fingerprint density at radius 2 is 2.19 bits per heavy atom. The molecule has 6 nitrogen and oxygen atoms in total. The minimum Gasteiger partial charge on any atom is -0.480 e. The van der Waals surface area contributed by atoms with Gasteiger partial charge < -0.3 is 15.2 Å². The van der Waals surface area contributed by atoms with Gasteiger partial charge in [-0.15, -0.1) is 11.3 Å². The minimum absolute atomic E-state index is 0.0353. The van der Waals surface area contributed by atoms with E-state index in [2.05, 4.69) is 10.1 Å². The van der Waals surface area contributed by atoms with E-state index >= 15 is 0 Å². The smallest absolute Gasteiger partial charge is 0.326 e. The van der Waals surface area contributed by atoms with Crippen LogP contribution in [0.25, 0.3) is 6.08 Å². The first kappa shape index (κ1) is 17.2. The number of aliphatic carboxylic acids is 1. The highest BCUT2D eigenvalue weighted by molar-refractivity contribution is 7.17. The van der Waals surface area contributed by atoms with Gasteiger partial charge in [-0.2, -0.15) is 0 Å². The predicted octanol–water partition coefficient (Wildman–Crippen LogP) is 1.94. The van der Waals surface area contributed by atoms with E-state index in [-0.39, 0.29) is 12.8 Å². The van der Waals surface area contributed by atoms with Crippen LogP contribution in [0.1, 0.15) is 17.7 Å². The third kappa shape index (κ3) is 6.42. The fourth-order valence-electron chi connectivity index (χ4n) is 1.42. The van der Waals surface area contributed by atoms with E-state index < -0.39 is 23.9 Å². The molecule has 1 amide bonds. The summed E-state index contributed by atoms with van der Waals surface area (Å²) in [4.78, 5) is 34.4. The minimum atomic E-state index is -1.21. The Labute approximate surface area is 130 Å². The van der Waals surface area contributed by atoms with E-state index in [0.29, 0.717) is 4.34 Å². The fraction of sp³-hybridized carbons (Fsp3) is 0.308. The van der Waals surface area contributed by atoms with Gasteiger partial charge in [-0.25, -0.2) is 4.79 Å². The van der Waals surface area contributed by atoms with Crippen LogP contribution in [-0.2, 0) is 19.1 Å². The highest BCUT2D eigenvalue weighted by atomic mass is 35.5. The Morgan fingerprint density at radius 1 is 1.48 bits per heavy atom. The lowest BCUT2D eigenvalue weighted by atomic mass is 10.1. The lowest BCUT2D eigenvalue weighted by Crippen LogP contribution is -2.40. The van der Waals surface area contributed by atoms with E-state index in [1.807, 2.05) is 0 Å². The van der Waals surface area contributed by atoms with E-state index in [0.717, 1.165) is 4.88 Å². The van der Waals surface area contributed by atoms with Crippen LogP contribution in [-0.4, -0.2) is 36.1 Å². The van der Waals surface area contributed by atoms with Gasteiger partial charge in [-0.3, -0.25) is 9.59 Å². The van der Waals surface area contributed by atoms with Crippen molar-refractivity contribution in [1.29, 1.82) is 0 Å². The number of hydrogen-bond donors (Lipinski definition) is 2. The van der Waals surface area contributed by atoms with Gasteiger partial charge in [0, 0.05) is 17.4 Å². The SMILES string of the molecule is COC(=O)CC[C@@H](NC(=O)/C=C/c1ccc(Cl)s1)C(=O)O. The quantitative estimate of drug-likeness (QED) is 0.588. The zero-order valence-corrected chi connectivity index (χ0v) is 12.7. The van der Waals surface area contributed by atoms with Gasteiger partial charge in [0.2, 0.25) is 5.91 Å². The summed E-state index contributed by atoms with van der Waals surface area (Å²) in [6.45, 7) is 0. The molecule has 1 heterocycles. The van der Waals surface area contributed by atoms with Crippen LogP contribution < -0.4 is 5.32 Å². The van der Waals surface area contributed by atoms with Gasteiger partial charge in [-0.05, 0) is 24.6 Å². The maximum Gasteiger partial charge on any atom is 0.326 e.